The molecule has 6 rings (SSSR count). The number of hydrogen-bond donors (Lipinski definition) is 1. The highest BCUT2D eigenvalue weighted by Gasteiger charge is 2.28. The van der Waals surface area contributed by atoms with Crippen molar-refractivity contribution in [3.63, 3.8) is 0 Å². The van der Waals surface area contributed by atoms with E-state index in [0.717, 1.165) is 60.1 Å². The number of nitrogens with one attached hydrogen (secondary N) is 1. The monoisotopic (exact) mass is 525 g/mol. The zero-order valence-electron chi connectivity index (χ0n) is 23.0. The number of likely N-dealkylation sites (N-methyl/N-ethyl adjacent to an activating group) is 1. The average molecular weight is 526 g/mol. The van der Waals surface area contributed by atoms with Crippen LogP contribution >= 0.6 is 0 Å². The first-order valence-corrected chi connectivity index (χ1v) is 13.4. The predicted octanol–water partition coefficient (Wildman–Crippen LogP) is 4.50. The Kier molecular flexibility index (Phi) is 6.90. The SMILES string of the molecule is CCN1OCc2cnc(Nc3ccc(N4CCN(C)CC4)c(C)c3)nc2N1c1cccc(-c2cnn(C)c2)c1. The van der Waals surface area contributed by atoms with Crippen molar-refractivity contribution in [2.24, 2.45) is 7.05 Å². The molecule has 2 aliphatic heterocycles. The van der Waals surface area contributed by atoms with Crippen LogP contribution in [0.5, 0.6) is 0 Å². The van der Waals surface area contributed by atoms with E-state index in [1.807, 2.05) is 46.6 Å². The van der Waals surface area contributed by atoms with Crippen LogP contribution < -0.4 is 15.2 Å². The summed E-state index contributed by atoms with van der Waals surface area (Å²) in [6.07, 6.45) is 5.73. The van der Waals surface area contributed by atoms with Crippen molar-refractivity contribution in [2.45, 2.75) is 20.5 Å². The molecule has 202 valence electrons. The van der Waals surface area contributed by atoms with Crippen LogP contribution in [0.4, 0.5) is 28.8 Å². The Morgan fingerprint density at radius 2 is 1.82 bits per heavy atom. The third kappa shape index (κ3) is 5.18. The summed E-state index contributed by atoms with van der Waals surface area (Å²) in [5.74, 6) is 1.35. The lowest BCUT2D eigenvalue weighted by Crippen LogP contribution is -2.44. The van der Waals surface area contributed by atoms with Gasteiger partial charge in [0.15, 0.2) is 5.82 Å². The van der Waals surface area contributed by atoms with E-state index < -0.39 is 0 Å². The third-order valence-corrected chi connectivity index (χ3v) is 7.33. The number of aryl methyl sites for hydroxylation is 2. The maximum atomic E-state index is 6.06. The molecule has 0 bridgehead atoms. The number of rotatable bonds is 6. The molecule has 2 aromatic heterocycles. The predicted molar refractivity (Wildman–Crippen MR) is 154 cm³/mol. The fourth-order valence-electron chi connectivity index (χ4n) is 5.19. The molecule has 39 heavy (non-hydrogen) atoms. The van der Waals surface area contributed by atoms with E-state index in [0.29, 0.717) is 19.1 Å². The van der Waals surface area contributed by atoms with E-state index in [2.05, 4.69) is 82.5 Å². The standard InChI is InChI=1S/C29H35N9O/c1-5-37-38(26-8-6-7-22(16-26)23-18-31-35(4)19-23)28-24(20-39-37)17-30-29(33-28)32-25-9-10-27(21(2)15-25)36-13-11-34(3)12-14-36/h6-10,15-19H,5,11-14,20H2,1-4H3,(H,30,32,33). The molecular weight excluding hydrogens is 490 g/mol. The van der Waals surface area contributed by atoms with Gasteiger partial charge in [0.25, 0.3) is 0 Å². The minimum absolute atomic E-state index is 0.418. The van der Waals surface area contributed by atoms with E-state index in [9.17, 15) is 0 Å². The Bertz CT molecular complexity index is 1460. The van der Waals surface area contributed by atoms with Gasteiger partial charge in [-0.1, -0.05) is 17.3 Å². The van der Waals surface area contributed by atoms with Crippen LogP contribution in [0.25, 0.3) is 11.1 Å². The topological polar surface area (TPSA) is 77.8 Å². The number of benzene rings is 2. The lowest BCUT2D eigenvalue weighted by Gasteiger charge is -2.38. The van der Waals surface area contributed by atoms with Gasteiger partial charge in [-0.25, -0.2) is 9.99 Å². The molecule has 0 unspecified atom stereocenters. The molecule has 0 aliphatic carbocycles. The molecule has 0 spiro atoms. The zero-order chi connectivity index (χ0) is 26.9. The van der Waals surface area contributed by atoms with Gasteiger partial charge in [-0.05, 0) is 62.4 Å². The van der Waals surface area contributed by atoms with E-state index >= 15 is 0 Å². The molecule has 10 heteroatoms. The van der Waals surface area contributed by atoms with E-state index in [1.54, 1.807) is 0 Å². The van der Waals surface area contributed by atoms with Crippen LogP contribution in [0.15, 0.2) is 61.1 Å². The summed E-state index contributed by atoms with van der Waals surface area (Å²) in [4.78, 5) is 20.5. The van der Waals surface area contributed by atoms with Gasteiger partial charge in [0.05, 0.1) is 11.9 Å². The first-order valence-electron chi connectivity index (χ1n) is 13.4. The quantitative estimate of drug-likeness (QED) is 0.391. The highest BCUT2D eigenvalue weighted by molar-refractivity contribution is 5.72. The molecule has 4 heterocycles. The number of piperazine rings is 1. The Labute approximate surface area is 229 Å². The molecule has 0 amide bonds. The Hall–Kier alpha value is -3.99. The lowest BCUT2D eigenvalue weighted by atomic mass is 10.1. The van der Waals surface area contributed by atoms with Gasteiger partial charge < -0.3 is 15.1 Å². The number of anilines is 5. The highest BCUT2D eigenvalue weighted by atomic mass is 16.7. The van der Waals surface area contributed by atoms with E-state index in [-0.39, 0.29) is 0 Å². The van der Waals surface area contributed by atoms with Gasteiger partial charge in [-0.3, -0.25) is 9.52 Å². The van der Waals surface area contributed by atoms with Crippen molar-refractivity contribution in [3.8, 4) is 11.1 Å². The zero-order valence-corrected chi connectivity index (χ0v) is 23.0. The second kappa shape index (κ2) is 10.6. The molecule has 1 fully saturated rings. The maximum absolute atomic E-state index is 6.06. The van der Waals surface area contributed by atoms with Crippen LogP contribution in [0.1, 0.15) is 18.1 Å². The molecule has 1 saturated heterocycles. The molecule has 0 atom stereocenters. The van der Waals surface area contributed by atoms with Gasteiger partial charge in [-0.15, -0.1) is 0 Å². The highest BCUT2D eigenvalue weighted by Crippen LogP contribution is 2.36. The second-order valence-electron chi connectivity index (χ2n) is 10.2. The third-order valence-electron chi connectivity index (χ3n) is 7.33. The molecule has 10 nitrogen and oxygen atoms in total. The summed E-state index contributed by atoms with van der Waals surface area (Å²) < 4.78 is 1.81. The first kappa shape index (κ1) is 25.3. The fourth-order valence-corrected chi connectivity index (χ4v) is 5.19. The Morgan fingerprint density at radius 3 is 2.56 bits per heavy atom. The second-order valence-corrected chi connectivity index (χ2v) is 10.2. The number of aromatic nitrogens is 4. The Balaban J connectivity index is 1.28. The van der Waals surface area contributed by atoms with Crippen molar-refractivity contribution in [3.05, 3.63) is 72.2 Å². The van der Waals surface area contributed by atoms with Crippen molar-refractivity contribution in [1.29, 1.82) is 0 Å². The largest absolute Gasteiger partial charge is 0.369 e. The normalized spacial score (nSPS) is 16.4. The van der Waals surface area contributed by atoms with Crippen molar-refractivity contribution < 1.29 is 4.84 Å². The van der Waals surface area contributed by atoms with Crippen molar-refractivity contribution >= 4 is 28.8 Å². The summed E-state index contributed by atoms with van der Waals surface area (Å²) in [6, 6.07) is 14.8. The number of hydrogen-bond acceptors (Lipinski definition) is 9. The molecule has 4 aromatic rings. The van der Waals surface area contributed by atoms with E-state index in [1.165, 1.54) is 11.3 Å². The molecule has 2 aliphatic rings. The van der Waals surface area contributed by atoms with Crippen LogP contribution in [0.3, 0.4) is 0 Å². The van der Waals surface area contributed by atoms with Crippen LogP contribution in [0.2, 0.25) is 0 Å². The smallest absolute Gasteiger partial charge is 0.229 e. The molecule has 0 saturated carbocycles. The maximum Gasteiger partial charge on any atom is 0.229 e. The summed E-state index contributed by atoms with van der Waals surface area (Å²) >= 11 is 0. The summed E-state index contributed by atoms with van der Waals surface area (Å²) in [7, 11) is 4.11. The summed E-state index contributed by atoms with van der Waals surface area (Å²) in [5, 5.41) is 11.6. The van der Waals surface area contributed by atoms with Crippen molar-refractivity contribution in [1.82, 2.24) is 29.8 Å². The number of nitrogens with zero attached hydrogens (tertiary/aromatic N) is 8. The van der Waals surface area contributed by atoms with Gasteiger partial charge in [0, 0.05) is 74.7 Å². The van der Waals surface area contributed by atoms with Gasteiger partial charge in [-0.2, -0.15) is 10.1 Å². The fraction of sp³-hybridized carbons (Fsp3) is 0.345. The first-order chi connectivity index (χ1) is 19.0. The molecule has 1 N–H and O–H groups in total. The number of fused-ring (bicyclic) bond motifs is 1. The van der Waals surface area contributed by atoms with Gasteiger partial charge in [0.2, 0.25) is 5.95 Å². The van der Waals surface area contributed by atoms with Crippen LogP contribution in [-0.4, -0.2) is 69.6 Å². The average Bonchev–Trinajstić information content (AvgIpc) is 3.39. The van der Waals surface area contributed by atoms with Gasteiger partial charge in [0.1, 0.15) is 6.61 Å². The minimum atomic E-state index is 0.418. The lowest BCUT2D eigenvalue weighted by molar-refractivity contribution is -0.176. The van der Waals surface area contributed by atoms with E-state index in [4.69, 9.17) is 9.82 Å². The molecular formula is C29H35N9O. The van der Waals surface area contributed by atoms with Gasteiger partial charge >= 0.3 is 0 Å². The summed E-state index contributed by atoms with van der Waals surface area (Å²) in [6.45, 7) is 9.58. The minimum Gasteiger partial charge on any atom is -0.369 e. The Morgan fingerprint density at radius 1 is 0.974 bits per heavy atom. The molecule has 2 aromatic carbocycles. The van der Waals surface area contributed by atoms with Crippen LogP contribution in [0, 0.1) is 6.92 Å². The number of hydrazine groups is 1. The van der Waals surface area contributed by atoms with Crippen molar-refractivity contribution in [2.75, 3.05) is 55.0 Å². The number of hydroxylamine groups is 1. The molecule has 0 radical (unpaired) electrons. The van der Waals surface area contributed by atoms with Crippen LogP contribution in [-0.2, 0) is 18.5 Å². The summed E-state index contributed by atoms with van der Waals surface area (Å²) in [5.41, 5.74) is 7.51.